The SMILES string of the molecule is C1=CC2CC1C[C@H]2CCc1ccccc1. The van der Waals surface area contributed by atoms with Crippen LogP contribution in [-0.4, -0.2) is 0 Å². The molecule has 1 aromatic carbocycles. The van der Waals surface area contributed by atoms with E-state index in [-0.39, 0.29) is 0 Å². The van der Waals surface area contributed by atoms with E-state index in [1.807, 2.05) is 0 Å². The average molecular weight is 198 g/mol. The average Bonchev–Trinajstić information content (AvgIpc) is 2.89. The number of hydrogen-bond acceptors (Lipinski definition) is 0. The van der Waals surface area contributed by atoms with Crippen LogP contribution in [0.3, 0.4) is 0 Å². The van der Waals surface area contributed by atoms with E-state index in [1.54, 1.807) is 0 Å². The van der Waals surface area contributed by atoms with Crippen LogP contribution in [0.4, 0.5) is 0 Å². The van der Waals surface area contributed by atoms with Crippen LogP contribution in [0.1, 0.15) is 24.8 Å². The second kappa shape index (κ2) is 3.84. The molecular formula is C15H18. The molecule has 2 aliphatic rings. The summed E-state index contributed by atoms with van der Waals surface area (Å²) in [6.45, 7) is 0. The van der Waals surface area contributed by atoms with E-state index in [9.17, 15) is 0 Å². The predicted molar refractivity (Wildman–Crippen MR) is 63.6 cm³/mol. The summed E-state index contributed by atoms with van der Waals surface area (Å²) in [5.74, 6) is 2.81. The lowest BCUT2D eigenvalue weighted by molar-refractivity contribution is 0.416. The third-order valence-electron chi connectivity index (χ3n) is 4.06. The van der Waals surface area contributed by atoms with Gasteiger partial charge < -0.3 is 0 Å². The van der Waals surface area contributed by atoms with Gasteiger partial charge in [-0.05, 0) is 49.0 Å². The molecule has 0 N–H and O–H groups in total. The molecule has 1 saturated carbocycles. The topological polar surface area (TPSA) is 0 Å². The molecule has 0 aromatic heterocycles. The van der Waals surface area contributed by atoms with Crippen molar-refractivity contribution in [3.63, 3.8) is 0 Å². The van der Waals surface area contributed by atoms with Gasteiger partial charge in [-0.15, -0.1) is 0 Å². The number of allylic oxidation sites excluding steroid dienone is 2. The van der Waals surface area contributed by atoms with Gasteiger partial charge in [0.1, 0.15) is 0 Å². The van der Waals surface area contributed by atoms with Gasteiger partial charge in [0, 0.05) is 0 Å². The van der Waals surface area contributed by atoms with Crippen molar-refractivity contribution >= 4 is 0 Å². The fourth-order valence-corrected chi connectivity index (χ4v) is 3.22. The maximum Gasteiger partial charge on any atom is -0.0199 e. The van der Waals surface area contributed by atoms with Crippen molar-refractivity contribution in [3.05, 3.63) is 48.0 Å². The van der Waals surface area contributed by atoms with Gasteiger partial charge in [0.15, 0.2) is 0 Å². The molecule has 0 saturated heterocycles. The first-order chi connectivity index (χ1) is 7.42. The number of hydrogen-bond donors (Lipinski definition) is 0. The molecule has 1 fully saturated rings. The molecule has 2 bridgehead atoms. The van der Waals surface area contributed by atoms with Gasteiger partial charge in [-0.2, -0.15) is 0 Å². The van der Waals surface area contributed by atoms with E-state index in [2.05, 4.69) is 42.5 Å². The van der Waals surface area contributed by atoms with Gasteiger partial charge in [0.2, 0.25) is 0 Å². The summed E-state index contributed by atoms with van der Waals surface area (Å²) in [6.07, 6.45) is 10.4. The molecule has 0 aliphatic heterocycles. The van der Waals surface area contributed by atoms with E-state index in [0.717, 1.165) is 17.8 Å². The second-order valence-corrected chi connectivity index (χ2v) is 5.06. The van der Waals surface area contributed by atoms with Gasteiger partial charge in [0.25, 0.3) is 0 Å². The molecule has 3 rings (SSSR count). The van der Waals surface area contributed by atoms with Crippen LogP contribution in [0.15, 0.2) is 42.5 Å². The smallest absolute Gasteiger partial charge is 0.0199 e. The van der Waals surface area contributed by atoms with Crippen molar-refractivity contribution in [1.29, 1.82) is 0 Å². The van der Waals surface area contributed by atoms with Crippen LogP contribution >= 0.6 is 0 Å². The minimum atomic E-state index is 0.915. The summed E-state index contributed by atoms with van der Waals surface area (Å²) < 4.78 is 0. The Kier molecular flexibility index (Phi) is 2.36. The van der Waals surface area contributed by atoms with E-state index in [0.29, 0.717) is 0 Å². The minimum absolute atomic E-state index is 0.915. The van der Waals surface area contributed by atoms with Gasteiger partial charge in [-0.25, -0.2) is 0 Å². The van der Waals surface area contributed by atoms with Crippen molar-refractivity contribution in [3.8, 4) is 0 Å². The van der Waals surface area contributed by atoms with E-state index < -0.39 is 0 Å². The zero-order valence-corrected chi connectivity index (χ0v) is 9.10. The Morgan fingerprint density at radius 2 is 1.87 bits per heavy atom. The number of fused-ring (bicyclic) bond motifs is 2. The Balaban J connectivity index is 1.57. The fraction of sp³-hybridized carbons (Fsp3) is 0.467. The monoisotopic (exact) mass is 198 g/mol. The first-order valence-electron chi connectivity index (χ1n) is 6.14. The summed E-state index contributed by atoms with van der Waals surface area (Å²) in [6, 6.07) is 10.9. The van der Waals surface area contributed by atoms with Crippen LogP contribution in [0.2, 0.25) is 0 Å². The maximum atomic E-state index is 2.46. The van der Waals surface area contributed by atoms with E-state index >= 15 is 0 Å². The first kappa shape index (κ1) is 9.21. The van der Waals surface area contributed by atoms with Crippen LogP contribution in [0.25, 0.3) is 0 Å². The van der Waals surface area contributed by atoms with Crippen LogP contribution < -0.4 is 0 Å². The van der Waals surface area contributed by atoms with E-state index in [4.69, 9.17) is 0 Å². The van der Waals surface area contributed by atoms with Crippen molar-refractivity contribution in [1.82, 2.24) is 0 Å². The summed E-state index contributed by atoms with van der Waals surface area (Å²) in [4.78, 5) is 0. The lowest BCUT2D eigenvalue weighted by atomic mass is 9.88. The van der Waals surface area contributed by atoms with E-state index in [1.165, 1.54) is 31.2 Å². The molecular weight excluding hydrogens is 180 g/mol. The zero-order valence-electron chi connectivity index (χ0n) is 9.10. The second-order valence-electron chi connectivity index (χ2n) is 5.06. The standard InChI is InChI=1S/C15H18/c1-2-4-12(5-3-1)6-8-14-10-13-7-9-15(14)11-13/h1-5,7,9,13-15H,6,8,10-11H2/t13?,14-,15?/m1/s1. The zero-order chi connectivity index (χ0) is 10.1. The fourth-order valence-electron chi connectivity index (χ4n) is 3.22. The predicted octanol–water partition coefficient (Wildman–Crippen LogP) is 3.83. The highest BCUT2D eigenvalue weighted by Gasteiger charge is 2.34. The third kappa shape index (κ3) is 1.86. The number of benzene rings is 1. The molecule has 0 heterocycles. The molecule has 0 spiro atoms. The molecule has 2 unspecified atom stereocenters. The van der Waals surface area contributed by atoms with Gasteiger partial charge in [0.05, 0.1) is 0 Å². The highest BCUT2D eigenvalue weighted by Crippen LogP contribution is 2.45. The molecule has 0 heteroatoms. The first-order valence-corrected chi connectivity index (χ1v) is 6.14. The number of rotatable bonds is 3. The summed E-state index contributed by atoms with van der Waals surface area (Å²) in [5, 5.41) is 0. The van der Waals surface area contributed by atoms with Gasteiger partial charge in [-0.3, -0.25) is 0 Å². The van der Waals surface area contributed by atoms with Crippen LogP contribution in [-0.2, 0) is 6.42 Å². The molecule has 0 radical (unpaired) electrons. The highest BCUT2D eigenvalue weighted by atomic mass is 14.4. The van der Waals surface area contributed by atoms with Crippen LogP contribution in [0, 0.1) is 17.8 Å². The quantitative estimate of drug-likeness (QED) is 0.647. The minimum Gasteiger partial charge on any atom is -0.0851 e. The molecule has 2 aliphatic carbocycles. The van der Waals surface area contributed by atoms with Crippen LogP contribution in [0.5, 0.6) is 0 Å². The molecule has 78 valence electrons. The van der Waals surface area contributed by atoms with Crippen molar-refractivity contribution < 1.29 is 0 Å². The highest BCUT2D eigenvalue weighted by molar-refractivity contribution is 5.16. The summed E-state index contributed by atoms with van der Waals surface area (Å²) >= 11 is 0. The van der Waals surface area contributed by atoms with Crippen molar-refractivity contribution in [2.24, 2.45) is 17.8 Å². The maximum absolute atomic E-state index is 2.46. The molecule has 0 nitrogen and oxygen atoms in total. The lowest BCUT2D eigenvalue weighted by Gasteiger charge is -2.17. The van der Waals surface area contributed by atoms with Crippen molar-refractivity contribution in [2.75, 3.05) is 0 Å². The third-order valence-corrected chi connectivity index (χ3v) is 4.06. The Labute approximate surface area is 92.0 Å². The Morgan fingerprint density at radius 3 is 2.53 bits per heavy atom. The Bertz CT molecular complexity index is 350. The Morgan fingerprint density at radius 1 is 1.00 bits per heavy atom. The Hall–Kier alpha value is -1.04. The largest absolute Gasteiger partial charge is 0.0851 e. The van der Waals surface area contributed by atoms with Gasteiger partial charge >= 0.3 is 0 Å². The van der Waals surface area contributed by atoms with Gasteiger partial charge in [-0.1, -0.05) is 42.5 Å². The normalized spacial score (nSPS) is 32.4. The lowest BCUT2D eigenvalue weighted by Crippen LogP contribution is -2.07. The summed E-state index contributed by atoms with van der Waals surface area (Å²) in [5.41, 5.74) is 1.50. The number of aryl methyl sites for hydroxylation is 1. The summed E-state index contributed by atoms with van der Waals surface area (Å²) in [7, 11) is 0. The molecule has 15 heavy (non-hydrogen) atoms. The molecule has 0 amide bonds. The van der Waals surface area contributed by atoms with Crippen molar-refractivity contribution in [2.45, 2.75) is 25.7 Å². The molecule has 3 atom stereocenters. The molecule has 1 aromatic rings.